The Labute approximate surface area is 120 Å². The Kier molecular flexibility index (Phi) is 4.39. The molecule has 0 spiro atoms. The highest BCUT2D eigenvalue weighted by Gasteiger charge is 2.33. The number of nitrogens with one attached hydrogen (secondary N) is 1. The van der Waals surface area contributed by atoms with Gasteiger partial charge in [-0.15, -0.1) is 0 Å². The van der Waals surface area contributed by atoms with Crippen molar-refractivity contribution in [2.75, 3.05) is 0 Å². The fourth-order valence-corrected chi connectivity index (χ4v) is 2.04. The molecule has 0 saturated heterocycles. The first kappa shape index (κ1) is 15.7. The number of amides is 1. The van der Waals surface area contributed by atoms with E-state index in [1.807, 2.05) is 0 Å². The molecule has 0 aliphatic rings. The quantitative estimate of drug-likeness (QED) is 0.861. The molecular weight excluding hydrogens is 314 g/mol. The van der Waals surface area contributed by atoms with Crippen molar-refractivity contribution >= 4 is 28.3 Å². The number of rotatable bonds is 3. The second-order valence-corrected chi connectivity index (χ2v) is 6.24. The van der Waals surface area contributed by atoms with E-state index in [4.69, 9.17) is 4.74 Å². The van der Waals surface area contributed by atoms with E-state index in [0.717, 1.165) is 0 Å². The zero-order valence-corrected chi connectivity index (χ0v) is 13.2. The molecule has 0 radical (unpaired) electrons. The number of aldehydes is 1. The van der Waals surface area contributed by atoms with Gasteiger partial charge in [-0.05, 0) is 49.7 Å². The number of carbonyl (C=O) groups excluding carboxylic acids is 2. The second kappa shape index (κ2) is 5.32. The first-order chi connectivity index (χ1) is 8.57. The molecule has 1 aromatic rings. The van der Waals surface area contributed by atoms with E-state index in [2.05, 4.69) is 26.3 Å². The molecule has 0 saturated carbocycles. The lowest BCUT2D eigenvalue weighted by molar-refractivity contribution is -0.113. The van der Waals surface area contributed by atoms with Gasteiger partial charge >= 0.3 is 6.09 Å². The molecule has 1 heterocycles. The second-order valence-electron chi connectivity index (χ2n) is 5.42. The summed E-state index contributed by atoms with van der Waals surface area (Å²) in [6.45, 7) is 6.86. The highest BCUT2D eigenvalue weighted by Crippen LogP contribution is 2.22. The number of nitrogens with zero attached hydrogens (tertiary/aromatic N) is 2. The van der Waals surface area contributed by atoms with Gasteiger partial charge in [-0.1, -0.05) is 0 Å². The summed E-state index contributed by atoms with van der Waals surface area (Å²) in [5.74, 6) is 0. The number of halogens is 1. The SMILES string of the molecule is Cn1nc(Br)cc1C(C)(C=O)NC(=O)OC(C)(C)C. The molecule has 106 valence electrons. The third-order valence-corrected chi connectivity index (χ3v) is 2.77. The summed E-state index contributed by atoms with van der Waals surface area (Å²) in [5, 5.41) is 6.65. The van der Waals surface area contributed by atoms with E-state index in [1.54, 1.807) is 40.8 Å². The Morgan fingerprint density at radius 2 is 2.05 bits per heavy atom. The Hall–Kier alpha value is -1.37. The van der Waals surface area contributed by atoms with Gasteiger partial charge in [0.25, 0.3) is 0 Å². The van der Waals surface area contributed by atoms with Crippen LogP contribution in [-0.4, -0.2) is 27.8 Å². The van der Waals surface area contributed by atoms with Crippen LogP contribution in [0.2, 0.25) is 0 Å². The lowest BCUT2D eigenvalue weighted by atomic mass is 10.0. The Morgan fingerprint density at radius 3 is 2.42 bits per heavy atom. The van der Waals surface area contributed by atoms with Crippen LogP contribution in [0.15, 0.2) is 10.7 Å². The van der Waals surface area contributed by atoms with Crippen molar-refractivity contribution < 1.29 is 14.3 Å². The summed E-state index contributed by atoms with van der Waals surface area (Å²) in [6.07, 6.45) is -0.000164. The first-order valence-electron chi connectivity index (χ1n) is 5.75. The van der Waals surface area contributed by atoms with Crippen LogP contribution in [0.25, 0.3) is 0 Å². The van der Waals surface area contributed by atoms with E-state index < -0.39 is 17.2 Å². The molecule has 1 atom stereocenters. The van der Waals surface area contributed by atoms with Crippen molar-refractivity contribution in [1.29, 1.82) is 0 Å². The number of aryl methyl sites for hydroxylation is 1. The molecule has 0 aliphatic carbocycles. The van der Waals surface area contributed by atoms with E-state index in [1.165, 1.54) is 4.68 Å². The fraction of sp³-hybridized carbons (Fsp3) is 0.583. The third-order valence-electron chi connectivity index (χ3n) is 2.38. The van der Waals surface area contributed by atoms with Gasteiger partial charge in [-0.3, -0.25) is 4.68 Å². The van der Waals surface area contributed by atoms with Gasteiger partial charge in [0.2, 0.25) is 0 Å². The summed E-state index contributed by atoms with van der Waals surface area (Å²) in [7, 11) is 1.69. The monoisotopic (exact) mass is 331 g/mol. The van der Waals surface area contributed by atoms with Gasteiger partial charge in [0.15, 0.2) is 6.29 Å². The lowest BCUT2D eigenvalue weighted by Gasteiger charge is -2.27. The largest absolute Gasteiger partial charge is 0.444 e. The van der Waals surface area contributed by atoms with Crippen molar-refractivity contribution in [3.8, 4) is 0 Å². The van der Waals surface area contributed by atoms with Crippen LogP contribution in [0.5, 0.6) is 0 Å². The summed E-state index contributed by atoms with van der Waals surface area (Å²) in [6, 6.07) is 1.67. The molecule has 7 heteroatoms. The molecule has 0 aliphatic heterocycles. The predicted molar refractivity (Wildman–Crippen MR) is 73.7 cm³/mol. The Bertz CT molecular complexity index is 493. The highest BCUT2D eigenvalue weighted by molar-refractivity contribution is 9.10. The maximum absolute atomic E-state index is 11.8. The van der Waals surface area contributed by atoms with E-state index in [9.17, 15) is 9.59 Å². The molecule has 1 N–H and O–H groups in total. The topological polar surface area (TPSA) is 73.2 Å². The number of hydrogen-bond donors (Lipinski definition) is 1. The van der Waals surface area contributed by atoms with Gasteiger partial charge in [-0.25, -0.2) is 4.79 Å². The van der Waals surface area contributed by atoms with E-state index in [0.29, 0.717) is 16.6 Å². The van der Waals surface area contributed by atoms with Gasteiger partial charge in [-0.2, -0.15) is 5.10 Å². The van der Waals surface area contributed by atoms with Crippen molar-refractivity contribution in [2.45, 2.75) is 38.8 Å². The predicted octanol–water partition coefficient (Wildman–Crippen LogP) is 2.12. The van der Waals surface area contributed by atoms with Gasteiger partial charge < -0.3 is 14.8 Å². The summed E-state index contributed by atoms with van der Waals surface area (Å²) in [5.41, 5.74) is -1.27. The molecule has 0 bridgehead atoms. The summed E-state index contributed by atoms with van der Waals surface area (Å²) in [4.78, 5) is 23.2. The van der Waals surface area contributed by atoms with Gasteiger partial charge in [0.05, 0.1) is 5.69 Å². The van der Waals surface area contributed by atoms with Crippen LogP contribution in [0.4, 0.5) is 4.79 Å². The van der Waals surface area contributed by atoms with Gasteiger partial charge in [0, 0.05) is 7.05 Å². The van der Waals surface area contributed by atoms with E-state index in [-0.39, 0.29) is 0 Å². The van der Waals surface area contributed by atoms with Crippen LogP contribution < -0.4 is 5.32 Å². The molecule has 0 aromatic carbocycles. The number of hydrogen-bond acceptors (Lipinski definition) is 4. The molecule has 0 fully saturated rings. The van der Waals surface area contributed by atoms with Crippen molar-refractivity contribution in [3.63, 3.8) is 0 Å². The maximum atomic E-state index is 11.8. The number of aromatic nitrogens is 2. The first-order valence-corrected chi connectivity index (χ1v) is 6.54. The average Bonchev–Trinajstić information content (AvgIpc) is 2.55. The minimum absolute atomic E-state index is 0.556. The Morgan fingerprint density at radius 1 is 1.47 bits per heavy atom. The lowest BCUT2D eigenvalue weighted by Crippen LogP contribution is -2.48. The van der Waals surface area contributed by atoms with Crippen LogP contribution in [0.1, 0.15) is 33.4 Å². The molecule has 19 heavy (non-hydrogen) atoms. The molecule has 6 nitrogen and oxygen atoms in total. The molecule has 1 amide bonds. The molecular formula is C12H18BrN3O3. The van der Waals surface area contributed by atoms with Crippen LogP contribution in [-0.2, 0) is 22.1 Å². The number of alkyl carbamates (subject to hydrolysis) is 1. The van der Waals surface area contributed by atoms with Crippen LogP contribution in [0.3, 0.4) is 0 Å². The molecule has 1 rings (SSSR count). The summed E-state index contributed by atoms with van der Waals surface area (Å²) >= 11 is 3.23. The van der Waals surface area contributed by atoms with Crippen molar-refractivity contribution in [2.24, 2.45) is 7.05 Å². The molecule has 1 aromatic heterocycles. The Balaban J connectivity index is 2.96. The van der Waals surface area contributed by atoms with Crippen molar-refractivity contribution in [1.82, 2.24) is 15.1 Å². The zero-order valence-electron chi connectivity index (χ0n) is 11.7. The van der Waals surface area contributed by atoms with Crippen LogP contribution in [0, 0.1) is 0 Å². The third kappa shape index (κ3) is 4.05. The van der Waals surface area contributed by atoms with E-state index >= 15 is 0 Å². The van der Waals surface area contributed by atoms with Crippen molar-refractivity contribution in [3.05, 3.63) is 16.4 Å². The minimum atomic E-state index is -1.20. The maximum Gasteiger partial charge on any atom is 0.408 e. The normalized spacial score (nSPS) is 14.6. The highest BCUT2D eigenvalue weighted by atomic mass is 79.9. The fourth-order valence-electron chi connectivity index (χ4n) is 1.59. The average molecular weight is 332 g/mol. The minimum Gasteiger partial charge on any atom is -0.444 e. The summed E-state index contributed by atoms with van der Waals surface area (Å²) < 4.78 is 7.26. The molecule has 1 unspecified atom stereocenters. The number of ether oxygens (including phenoxy) is 1. The zero-order chi connectivity index (χ0) is 14.8. The smallest absolute Gasteiger partial charge is 0.408 e. The van der Waals surface area contributed by atoms with Crippen LogP contribution >= 0.6 is 15.9 Å². The van der Waals surface area contributed by atoms with Gasteiger partial charge in [0.1, 0.15) is 15.7 Å². The number of carbonyl (C=O) groups is 2. The standard InChI is InChI=1S/C12H18BrN3O3/c1-11(2,3)19-10(18)14-12(4,7-17)8-6-9(13)15-16(8)5/h6-7H,1-5H3,(H,14,18).